The van der Waals surface area contributed by atoms with Gasteiger partial charge in [-0.2, -0.15) is 5.10 Å². The summed E-state index contributed by atoms with van der Waals surface area (Å²) in [5.74, 6) is 0.875. The van der Waals surface area contributed by atoms with Gasteiger partial charge in [0.05, 0.1) is 30.6 Å². The standard InChI is InChI=1S/C23H24N6O2S/c1-14-13-31-11-10-29(14)20-12-18(16-4-5-21(32(3)30)26-15(16)2)17-6-8-24-23(22(17)27-20)19-7-9-25-28-19/h4-9,12,14H,10-11,13H2,1-3H3,(H,25,28)/t14-,32?/m1/s1. The number of aromatic nitrogens is 5. The van der Waals surface area contributed by atoms with Crippen LogP contribution in [0.25, 0.3) is 33.4 Å². The van der Waals surface area contributed by atoms with Crippen LogP contribution in [0, 0.1) is 6.92 Å². The molecule has 1 unspecified atom stereocenters. The Kier molecular flexibility index (Phi) is 5.54. The smallest absolute Gasteiger partial charge is 0.244 e. The second kappa shape index (κ2) is 8.50. The number of H-pyrrole nitrogens is 1. The van der Waals surface area contributed by atoms with E-state index in [0.717, 1.165) is 51.5 Å². The van der Waals surface area contributed by atoms with Crippen LogP contribution in [0.5, 0.6) is 0 Å². The second-order valence-electron chi connectivity index (χ2n) is 7.91. The first-order chi connectivity index (χ1) is 15.5. The molecule has 8 nitrogen and oxygen atoms in total. The minimum atomic E-state index is -1.13. The minimum Gasteiger partial charge on any atom is -0.610 e. The maximum atomic E-state index is 11.9. The summed E-state index contributed by atoms with van der Waals surface area (Å²) in [4.78, 5) is 16.5. The van der Waals surface area contributed by atoms with Crippen LogP contribution in [0.15, 0.2) is 47.8 Å². The van der Waals surface area contributed by atoms with Crippen molar-refractivity contribution in [3.05, 3.63) is 48.4 Å². The van der Waals surface area contributed by atoms with E-state index in [9.17, 15) is 4.55 Å². The molecule has 164 valence electrons. The van der Waals surface area contributed by atoms with Crippen molar-refractivity contribution in [3.8, 4) is 22.5 Å². The van der Waals surface area contributed by atoms with E-state index < -0.39 is 11.2 Å². The first kappa shape index (κ1) is 20.9. The number of hydrogen-bond acceptors (Lipinski definition) is 7. The maximum Gasteiger partial charge on any atom is 0.244 e. The van der Waals surface area contributed by atoms with Gasteiger partial charge in [0.25, 0.3) is 0 Å². The highest BCUT2D eigenvalue weighted by Crippen LogP contribution is 2.36. The lowest BCUT2D eigenvalue weighted by molar-refractivity contribution is 0.0986. The van der Waals surface area contributed by atoms with Crippen molar-refractivity contribution in [1.29, 1.82) is 0 Å². The molecule has 1 saturated heterocycles. The van der Waals surface area contributed by atoms with Crippen LogP contribution in [0.4, 0.5) is 5.82 Å². The summed E-state index contributed by atoms with van der Waals surface area (Å²) >= 11 is -1.13. The van der Waals surface area contributed by atoms with Crippen molar-refractivity contribution in [1.82, 2.24) is 25.1 Å². The third-order valence-corrected chi connectivity index (χ3v) is 6.59. The van der Waals surface area contributed by atoms with E-state index in [-0.39, 0.29) is 6.04 Å². The van der Waals surface area contributed by atoms with Crippen molar-refractivity contribution < 1.29 is 9.29 Å². The number of ether oxygens (including phenoxy) is 1. The molecule has 0 saturated carbocycles. The van der Waals surface area contributed by atoms with Crippen LogP contribution < -0.4 is 4.90 Å². The van der Waals surface area contributed by atoms with Gasteiger partial charge in [0.2, 0.25) is 5.03 Å². The number of pyridine rings is 3. The number of nitrogens with one attached hydrogen (secondary N) is 1. The molecule has 0 bridgehead atoms. The van der Waals surface area contributed by atoms with Gasteiger partial charge in [-0.25, -0.2) is 9.97 Å². The predicted octanol–water partition coefficient (Wildman–Crippen LogP) is 3.35. The van der Waals surface area contributed by atoms with Gasteiger partial charge < -0.3 is 14.2 Å². The van der Waals surface area contributed by atoms with Crippen LogP contribution in [0.3, 0.4) is 0 Å². The molecule has 32 heavy (non-hydrogen) atoms. The largest absolute Gasteiger partial charge is 0.610 e. The molecule has 4 aromatic heterocycles. The van der Waals surface area contributed by atoms with E-state index in [4.69, 9.17) is 9.72 Å². The minimum absolute atomic E-state index is 0.206. The zero-order valence-electron chi connectivity index (χ0n) is 18.2. The van der Waals surface area contributed by atoms with Crippen LogP contribution in [-0.2, 0) is 15.9 Å². The Morgan fingerprint density at radius 1 is 1.16 bits per heavy atom. The Morgan fingerprint density at radius 3 is 2.75 bits per heavy atom. The lowest BCUT2D eigenvalue weighted by Gasteiger charge is -2.34. The summed E-state index contributed by atoms with van der Waals surface area (Å²) < 4.78 is 17.6. The topological polar surface area (TPSA) is 103 Å². The van der Waals surface area contributed by atoms with Crippen LogP contribution in [0.1, 0.15) is 12.6 Å². The lowest BCUT2D eigenvalue weighted by Crippen LogP contribution is -2.44. The fourth-order valence-electron chi connectivity index (χ4n) is 4.14. The Bertz CT molecular complexity index is 1260. The van der Waals surface area contributed by atoms with E-state index in [1.807, 2.05) is 31.2 Å². The summed E-state index contributed by atoms with van der Waals surface area (Å²) in [6, 6.07) is 10.0. The lowest BCUT2D eigenvalue weighted by atomic mass is 9.99. The molecule has 0 amide bonds. The zero-order chi connectivity index (χ0) is 22.2. The first-order valence-corrected chi connectivity index (χ1v) is 12.0. The van der Waals surface area contributed by atoms with E-state index in [0.29, 0.717) is 18.2 Å². The predicted molar refractivity (Wildman–Crippen MR) is 125 cm³/mol. The quantitative estimate of drug-likeness (QED) is 0.478. The molecule has 1 aliphatic heterocycles. The van der Waals surface area contributed by atoms with Gasteiger partial charge in [0, 0.05) is 47.1 Å². The number of aromatic amines is 1. The molecule has 1 N–H and O–H groups in total. The number of fused-ring (bicyclic) bond motifs is 1. The molecular weight excluding hydrogens is 424 g/mol. The van der Waals surface area contributed by atoms with Gasteiger partial charge in [0.15, 0.2) is 0 Å². The molecule has 5 heterocycles. The molecular formula is C23H24N6O2S. The highest BCUT2D eigenvalue weighted by atomic mass is 32.2. The van der Waals surface area contributed by atoms with Crippen molar-refractivity contribution in [3.63, 3.8) is 0 Å². The third kappa shape index (κ3) is 3.72. The Hall–Kier alpha value is -3.01. The summed E-state index contributed by atoms with van der Waals surface area (Å²) in [6.45, 7) is 6.18. The van der Waals surface area contributed by atoms with Crippen molar-refractivity contribution in [2.24, 2.45) is 0 Å². The average Bonchev–Trinajstić information content (AvgIpc) is 3.33. The SMILES string of the molecule is Cc1nc([S+](C)[O-])ccc1-c1cc(N2CCOC[C@H]2C)nc2c(-c3ccn[nH]3)nccc12. The number of anilines is 1. The molecule has 1 fully saturated rings. The van der Waals surface area contributed by atoms with Gasteiger partial charge in [0.1, 0.15) is 23.3 Å². The second-order valence-corrected chi connectivity index (χ2v) is 9.23. The van der Waals surface area contributed by atoms with Crippen LogP contribution in [-0.4, -0.2) is 61.8 Å². The average molecular weight is 449 g/mol. The van der Waals surface area contributed by atoms with Gasteiger partial charge in [-0.05, 0) is 43.7 Å². The molecule has 0 radical (unpaired) electrons. The van der Waals surface area contributed by atoms with Crippen LogP contribution in [0.2, 0.25) is 0 Å². The normalized spacial score (nSPS) is 17.6. The highest BCUT2D eigenvalue weighted by Gasteiger charge is 2.24. The number of morpholine rings is 1. The zero-order valence-corrected chi connectivity index (χ0v) is 19.0. The third-order valence-electron chi connectivity index (χ3n) is 5.78. The molecule has 0 spiro atoms. The molecule has 4 aromatic rings. The fraction of sp³-hybridized carbons (Fsp3) is 0.304. The maximum absolute atomic E-state index is 11.9. The van der Waals surface area contributed by atoms with Crippen molar-refractivity contribution >= 4 is 27.9 Å². The summed E-state index contributed by atoms with van der Waals surface area (Å²) in [7, 11) is 0. The van der Waals surface area contributed by atoms with E-state index in [2.05, 4.69) is 38.1 Å². The molecule has 9 heteroatoms. The van der Waals surface area contributed by atoms with Gasteiger partial charge in [-0.15, -0.1) is 0 Å². The Balaban J connectivity index is 1.77. The number of rotatable bonds is 4. The van der Waals surface area contributed by atoms with Crippen molar-refractivity contribution in [2.75, 3.05) is 30.9 Å². The fourth-order valence-corrected chi connectivity index (χ4v) is 4.67. The molecule has 5 rings (SSSR count). The first-order valence-electron chi connectivity index (χ1n) is 10.5. The summed E-state index contributed by atoms with van der Waals surface area (Å²) in [6.07, 6.45) is 5.14. The number of nitrogens with zero attached hydrogens (tertiary/aromatic N) is 5. The monoisotopic (exact) mass is 448 g/mol. The molecule has 0 aromatic carbocycles. The number of aryl methyl sites for hydroxylation is 1. The van der Waals surface area contributed by atoms with Gasteiger partial charge >= 0.3 is 0 Å². The van der Waals surface area contributed by atoms with E-state index in [1.54, 1.807) is 18.6 Å². The van der Waals surface area contributed by atoms with Crippen molar-refractivity contribution in [2.45, 2.75) is 24.9 Å². The highest BCUT2D eigenvalue weighted by molar-refractivity contribution is 7.90. The van der Waals surface area contributed by atoms with E-state index in [1.165, 1.54) is 0 Å². The molecule has 2 atom stereocenters. The Labute approximate surface area is 189 Å². The molecule has 1 aliphatic rings. The van der Waals surface area contributed by atoms with Crippen LogP contribution >= 0.6 is 0 Å². The van der Waals surface area contributed by atoms with Gasteiger partial charge in [-0.3, -0.25) is 10.1 Å². The number of hydrogen-bond donors (Lipinski definition) is 1. The molecule has 0 aliphatic carbocycles. The summed E-state index contributed by atoms with van der Waals surface area (Å²) in [5, 5.41) is 8.66. The summed E-state index contributed by atoms with van der Waals surface area (Å²) in [5.41, 5.74) is 5.19. The Morgan fingerprint density at radius 2 is 2.03 bits per heavy atom. The van der Waals surface area contributed by atoms with E-state index >= 15 is 0 Å². The van der Waals surface area contributed by atoms with Gasteiger partial charge in [-0.1, -0.05) is 0 Å².